The number of rotatable bonds is 7. The fourth-order valence-electron chi connectivity index (χ4n) is 3.02. The van der Waals surface area contributed by atoms with Gasteiger partial charge in [-0.25, -0.2) is 13.2 Å². The van der Waals surface area contributed by atoms with E-state index in [9.17, 15) is 18.0 Å². The first-order chi connectivity index (χ1) is 13.9. The molecule has 2 aromatic rings. The number of aromatic nitrogens is 1. The summed E-state index contributed by atoms with van der Waals surface area (Å²) >= 11 is 1.01. The maximum absolute atomic E-state index is 13.0. The quantitative estimate of drug-likeness (QED) is 0.601. The molecular weight excluding hydrogens is 420 g/mol. The molecule has 9 nitrogen and oxygen atoms in total. The van der Waals surface area contributed by atoms with E-state index >= 15 is 0 Å². The molecule has 1 aliphatic rings. The van der Waals surface area contributed by atoms with Gasteiger partial charge in [-0.2, -0.15) is 4.31 Å². The molecule has 1 atom stereocenters. The number of hydrogen-bond donors (Lipinski definition) is 0. The minimum atomic E-state index is -3.76. The number of thiophene rings is 1. The molecule has 0 aromatic carbocycles. The van der Waals surface area contributed by atoms with Crippen molar-refractivity contribution in [1.29, 1.82) is 0 Å². The van der Waals surface area contributed by atoms with Gasteiger partial charge in [0.25, 0.3) is 10.0 Å². The van der Waals surface area contributed by atoms with Crippen molar-refractivity contribution < 1.29 is 32.0 Å². The maximum atomic E-state index is 13.0. The number of carbonyl (C=O) groups is 2. The number of hydrogen-bond acceptors (Lipinski definition) is 9. The van der Waals surface area contributed by atoms with E-state index in [1.807, 2.05) is 0 Å². The van der Waals surface area contributed by atoms with Crippen molar-refractivity contribution in [1.82, 2.24) is 9.46 Å². The Bertz CT molecular complexity index is 980. The van der Waals surface area contributed by atoms with E-state index in [-0.39, 0.29) is 41.4 Å². The summed E-state index contributed by atoms with van der Waals surface area (Å²) in [5.74, 6) is -1.15. The van der Waals surface area contributed by atoms with Crippen molar-refractivity contribution in [2.24, 2.45) is 5.92 Å². The lowest BCUT2D eigenvalue weighted by Gasteiger charge is -2.30. The highest BCUT2D eigenvalue weighted by molar-refractivity contribution is 7.91. The number of esters is 2. The molecule has 29 heavy (non-hydrogen) atoms. The monoisotopic (exact) mass is 442 g/mol. The van der Waals surface area contributed by atoms with Crippen LogP contribution in [0.2, 0.25) is 0 Å². The number of ether oxygens (including phenoxy) is 2. The summed E-state index contributed by atoms with van der Waals surface area (Å²) in [7, 11) is -3.76. The van der Waals surface area contributed by atoms with Crippen LogP contribution in [0.5, 0.6) is 0 Å². The molecule has 0 aliphatic carbocycles. The zero-order chi connectivity index (χ0) is 21.0. The van der Waals surface area contributed by atoms with Gasteiger partial charge in [0.1, 0.15) is 4.21 Å². The van der Waals surface area contributed by atoms with Gasteiger partial charge >= 0.3 is 11.9 Å². The highest BCUT2D eigenvalue weighted by Crippen LogP contribution is 2.34. The number of sulfonamides is 1. The average Bonchev–Trinajstić information content (AvgIpc) is 3.38. The van der Waals surface area contributed by atoms with E-state index in [4.69, 9.17) is 14.0 Å². The molecule has 0 radical (unpaired) electrons. The van der Waals surface area contributed by atoms with Gasteiger partial charge in [-0.15, -0.1) is 11.3 Å². The summed E-state index contributed by atoms with van der Waals surface area (Å²) in [5, 5.41) is 3.67. The molecule has 0 N–H and O–H groups in total. The second-order valence-electron chi connectivity index (χ2n) is 6.37. The van der Waals surface area contributed by atoms with E-state index in [1.165, 1.54) is 16.4 Å². The molecule has 11 heteroatoms. The van der Waals surface area contributed by atoms with Gasteiger partial charge in [0.05, 0.1) is 24.0 Å². The van der Waals surface area contributed by atoms with Crippen molar-refractivity contribution in [2.75, 3.05) is 26.3 Å². The number of carbonyl (C=O) groups excluding carboxylic acids is 2. The van der Waals surface area contributed by atoms with E-state index in [2.05, 4.69) is 5.16 Å². The zero-order valence-electron chi connectivity index (χ0n) is 16.1. The van der Waals surface area contributed by atoms with Crippen molar-refractivity contribution in [2.45, 2.75) is 30.9 Å². The molecule has 0 bridgehead atoms. The lowest BCUT2D eigenvalue weighted by Crippen LogP contribution is -2.42. The van der Waals surface area contributed by atoms with Crippen LogP contribution in [0.3, 0.4) is 0 Å². The summed E-state index contributed by atoms with van der Waals surface area (Å²) in [6, 6.07) is 4.49. The van der Waals surface area contributed by atoms with Gasteiger partial charge in [-0.1, -0.05) is 5.16 Å². The van der Waals surface area contributed by atoms with Crippen LogP contribution in [0.25, 0.3) is 10.6 Å². The number of nitrogens with zero attached hydrogens (tertiary/aromatic N) is 2. The Morgan fingerprint density at radius 1 is 1.28 bits per heavy atom. The largest absolute Gasteiger partial charge is 0.466 e. The van der Waals surface area contributed by atoms with Crippen molar-refractivity contribution in [3.05, 3.63) is 23.9 Å². The Hall–Kier alpha value is -2.24. The standard InChI is InChI=1S/C18H22N2O7S2/c1-3-25-17(21)12-6-5-9-20(11-12)29(23,24)16-8-7-15(28-16)14-10-13(19-27-14)18(22)26-4-2/h7-8,10,12H,3-6,9,11H2,1-2H3/t12-/m0/s1. The first kappa shape index (κ1) is 21.5. The van der Waals surface area contributed by atoms with Crippen LogP contribution in [-0.2, 0) is 24.3 Å². The topological polar surface area (TPSA) is 116 Å². The number of piperidine rings is 1. The van der Waals surface area contributed by atoms with Crippen LogP contribution in [-0.4, -0.2) is 56.1 Å². The van der Waals surface area contributed by atoms with E-state index in [1.54, 1.807) is 19.9 Å². The molecule has 1 saturated heterocycles. The lowest BCUT2D eigenvalue weighted by molar-refractivity contribution is -0.149. The molecular formula is C18H22N2O7S2. The van der Waals surface area contributed by atoms with Gasteiger partial charge in [0.15, 0.2) is 11.5 Å². The molecule has 0 saturated carbocycles. The Morgan fingerprint density at radius 2 is 2.03 bits per heavy atom. The van der Waals surface area contributed by atoms with Gasteiger partial charge in [0, 0.05) is 19.2 Å². The van der Waals surface area contributed by atoms with Crippen LogP contribution in [0.4, 0.5) is 0 Å². The van der Waals surface area contributed by atoms with Crippen LogP contribution < -0.4 is 0 Å². The van der Waals surface area contributed by atoms with Crippen molar-refractivity contribution in [3.63, 3.8) is 0 Å². The van der Waals surface area contributed by atoms with Crippen LogP contribution in [0, 0.1) is 5.92 Å². The third-order valence-corrected chi connectivity index (χ3v) is 7.85. The molecule has 158 valence electrons. The highest BCUT2D eigenvalue weighted by atomic mass is 32.2. The predicted octanol–water partition coefficient (Wildman–Crippen LogP) is 2.54. The Balaban J connectivity index is 1.77. The minimum absolute atomic E-state index is 0.0213. The smallest absolute Gasteiger partial charge is 0.360 e. The van der Waals surface area contributed by atoms with Crippen LogP contribution >= 0.6 is 11.3 Å². The second-order valence-corrected chi connectivity index (χ2v) is 9.62. The van der Waals surface area contributed by atoms with Gasteiger partial charge in [-0.05, 0) is 38.8 Å². The first-order valence-corrected chi connectivity index (χ1v) is 11.5. The molecule has 0 unspecified atom stereocenters. The Labute approximate surface area is 172 Å². The highest BCUT2D eigenvalue weighted by Gasteiger charge is 2.35. The van der Waals surface area contributed by atoms with Crippen molar-refractivity contribution >= 4 is 33.3 Å². The van der Waals surface area contributed by atoms with Gasteiger partial charge in [0.2, 0.25) is 0 Å². The normalized spacial score (nSPS) is 17.8. The minimum Gasteiger partial charge on any atom is -0.466 e. The van der Waals surface area contributed by atoms with Crippen LogP contribution in [0.15, 0.2) is 26.9 Å². The summed E-state index contributed by atoms with van der Waals surface area (Å²) in [4.78, 5) is 24.2. The lowest BCUT2D eigenvalue weighted by atomic mass is 10.0. The van der Waals surface area contributed by atoms with Gasteiger partial charge < -0.3 is 14.0 Å². The average molecular weight is 443 g/mol. The Kier molecular flexibility index (Phi) is 6.70. The molecule has 0 amide bonds. The SMILES string of the molecule is CCOC(=O)c1cc(-c2ccc(S(=O)(=O)N3CCC[C@H](C(=O)OCC)C3)s2)on1. The van der Waals surface area contributed by atoms with Gasteiger partial charge in [-0.3, -0.25) is 4.79 Å². The first-order valence-electron chi connectivity index (χ1n) is 9.27. The summed E-state index contributed by atoms with van der Waals surface area (Å²) in [6.45, 7) is 4.33. The van der Waals surface area contributed by atoms with E-state index in [0.29, 0.717) is 24.3 Å². The third-order valence-electron chi connectivity index (χ3n) is 4.42. The summed E-state index contributed by atoms with van der Waals surface area (Å²) in [6.07, 6.45) is 1.20. The summed E-state index contributed by atoms with van der Waals surface area (Å²) < 4.78 is 42.5. The molecule has 3 heterocycles. The van der Waals surface area contributed by atoms with E-state index in [0.717, 1.165) is 11.3 Å². The predicted molar refractivity (Wildman–Crippen MR) is 104 cm³/mol. The fraction of sp³-hybridized carbons (Fsp3) is 0.500. The molecule has 3 rings (SSSR count). The second kappa shape index (κ2) is 9.06. The molecule has 1 fully saturated rings. The van der Waals surface area contributed by atoms with E-state index < -0.39 is 21.9 Å². The molecule has 2 aromatic heterocycles. The third kappa shape index (κ3) is 4.68. The molecule has 1 aliphatic heterocycles. The summed E-state index contributed by atoms with van der Waals surface area (Å²) in [5.41, 5.74) is 0.0213. The fourth-order valence-corrected chi connectivity index (χ4v) is 5.96. The van der Waals surface area contributed by atoms with Crippen molar-refractivity contribution in [3.8, 4) is 10.6 Å². The zero-order valence-corrected chi connectivity index (χ0v) is 17.8. The maximum Gasteiger partial charge on any atom is 0.360 e. The molecule has 0 spiro atoms. The van der Waals surface area contributed by atoms with Crippen LogP contribution in [0.1, 0.15) is 37.2 Å². The Morgan fingerprint density at radius 3 is 2.76 bits per heavy atom.